The Bertz CT molecular complexity index is 952. The fourth-order valence-electron chi connectivity index (χ4n) is 5.18. The number of likely N-dealkylation sites (N-methyl/N-ethyl adjacent to an activating group) is 1. The van der Waals surface area contributed by atoms with Gasteiger partial charge in [0.05, 0.1) is 5.52 Å². The molecule has 2 fully saturated rings. The highest BCUT2D eigenvalue weighted by Crippen LogP contribution is 2.28. The zero-order valence-corrected chi connectivity index (χ0v) is 19.1. The third-order valence-electron chi connectivity index (χ3n) is 7.10. The number of aryl methyl sites for hydroxylation is 1. The number of H-pyrrole nitrogens is 1. The Morgan fingerprint density at radius 1 is 1.31 bits per heavy atom. The van der Waals surface area contributed by atoms with Crippen LogP contribution in [0.4, 0.5) is 4.39 Å². The van der Waals surface area contributed by atoms with E-state index in [0.717, 1.165) is 50.8 Å². The van der Waals surface area contributed by atoms with Crippen LogP contribution in [0.1, 0.15) is 48.2 Å². The summed E-state index contributed by atoms with van der Waals surface area (Å²) in [6, 6.07) is 5.44. The van der Waals surface area contributed by atoms with E-state index in [0.29, 0.717) is 22.6 Å². The molecule has 2 aliphatic rings. The predicted octanol–water partition coefficient (Wildman–Crippen LogP) is 2.84. The summed E-state index contributed by atoms with van der Waals surface area (Å²) in [6.45, 7) is 3.83. The lowest BCUT2D eigenvalue weighted by molar-refractivity contribution is -0.135. The minimum Gasteiger partial charge on any atom is -0.375 e. The van der Waals surface area contributed by atoms with Crippen molar-refractivity contribution in [1.82, 2.24) is 20.1 Å². The number of hydrogen-bond acceptors (Lipinski definition) is 4. The SMILES string of the molecule is COCC(=O)N(C)C1CCN(C2CCC[C@@H](NC(=O)c3cc4c(F)ccc(C)c4[nH]3)C2)C1. The van der Waals surface area contributed by atoms with Crippen LogP contribution in [0.15, 0.2) is 18.2 Å². The Labute approximate surface area is 188 Å². The number of ether oxygens (including phenoxy) is 1. The first-order valence-corrected chi connectivity index (χ1v) is 11.4. The lowest BCUT2D eigenvalue weighted by atomic mass is 9.90. The Kier molecular flexibility index (Phi) is 6.81. The summed E-state index contributed by atoms with van der Waals surface area (Å²) in [7, 11) is 3.39. The second-order valence-corrected chi connectivity index (χ2v) is 9.20. The van der Waals surface area contributed by atoms with E-state index in [1.807, 2.05) is 18.9 Å². The standard InChI is InChI=1S/C24H33FN4O3/c1-15-7-8-20(25)19-12-21(27-23(15)19)24(31)26-16-5-4-6-17(11-16)29-10-9-18(13-29)28(2)22(30)14-32-3/h7-8,12,16-18,27H,4-6,9-11,13-14H2,1-3H3,(H,26,31)/t16-,17?,18?/m1/s1. The third-order valence-corrected chi connectivity index (χ3v) is 7.10. The Morgan fingerprint density at radius 3 is 2.88 bits per heavy atom. The van der Waals surface area contributed by atoms with Gasteiger partial charge in [-0.1, -0.05) is 6.07 Å². The van der Waals surface area contributed by atoms with Gasteiger partial charge in [0.1, 0.15) is 18.1 Å². The molecule has 0 spiro atoms. The molecule has 4 rings (SSSR count). The summed E-state index contributed by atoms with van der Waals surface area (Å²) in [5.41, 5.74) is 1.98. The lowest BCUT2D eigenvalue weighted by Crippen LogP contribution is -2.47. The van der Waals surface area contributed by atoms with Crippen molar-refractivity contribution >= 4 is 22.7 Å². The number of hydrogen-bond donors (Lipinski definition) is 2. The molecule has 1 saturated carbocycles. The van der Waals surface area contributed by atoms with Gasteiger partial charge in [-0.3, -0.25) is 14.5 Å². The topological polar surface area (TPSA) is 77.7 Å². The highest BCUT2D eigenvalue weighted by molar-refractivity contribution is 5.99. The zero-order chi connectivity index (χ0) is 22.8. The van der Waals surface area contributed by atoms with E-state index in [4.69, 9.17) is 4.74 Å². The van der Waals surface area contributed by atoms with E-state index in [2.05, 4.69) is 15.2 Å². The predicted molar refractivity (Wildman–Crippen MR) is 121 cm³/mol. The number of halogens is 1. The van der Waals surface area contributed by atoms with Crippen molar-refractivity contribution in [2.75, 3.05) is 33.9 Å². The highest BCUT2D eigenvalue weighted by Gasteiger charge is 2.35. The van der Waals surface area contributed by atoms with Gasteiger partial charge >= 0.3 is 0 Å². The number of benzene rings is 1. The fourth-order valence-corrected chi connectivity index (χ4v) is 5.18. The maximum absolute atomic E-state index is 14.1. The first-order chi connectivity index (χ1) is 15.4. The molecule has 1 aromatic carbocycles. The van der Waals surface area contributed by atoms with Crippen molar-refractivity contribution in [2.45, 2.75) is 57.2 Å². The number of amides is 2. The number of aromatic nitrogens is 1. The largest absolute Gasteiger partial charge is 0.375 e. The van der Waals surface area contributed by atoms with Crippen molar-refractivity contribution in [3.63, 3.8) is 0 Å². The van der Waals surface area contributed by atoms with Crippen molar-refractivity contribution in [3.05, 3.63) is 35.3 Å². The second-order valence-electron chi connectivity index (χ2n) is 9.20. The molecule has 1 saturated heterocycles. The molecule has 2 heterocycles. The van der Waals surface area contributed by atoms with Gasteiger partial charge in [-0.15, -0.1) is 0 Å². The van der Waals surface area contributed by atoms with Gasteiger partial charge in [0.25, 0.3) is 5.91 Å². The molecule has 0 bridgehead atoms. The van der Waals surface area contributed by atoms with Gasteiger partial charge in [-0.05, 0) is 56.7 Å². The molecule has 3 atom stereocenters. The van der Waals surface area contributed by atoms with E-state index >= 15 is 0 Å². The van der Waals surface area contributed by atoms with Gasteiger partial charge in [0.15, 0.2) is 0 Å². The maximum atomic E-state index is 14.1. The second kappa shape index (κ2) is 9.58. The Morgan fingerprint density at radius 2 is 2.12 bits per heavy atom. The van der Waals surface area contributed by atoms with Gasteiger partial charge in [-0.25, -0.2) is 4.39 Å². The molecule has 7 nitrogen and oxygen atoms in total. The molecule has 32 heavy (non-hydrogen) atoms. The summed E-state index contributed by atoms with van der Waals surface area (Å²) >= 11 is 0. The molecule has 1 aliphatic carbocycles. The van der Waals surface area contributed by atoms with E-state index < -0.39 is 0 Å². The highest BCUT2D eigenvalue weighted by atomic mass is 19.1. The fraction of sp³-hybridized carbons (Fsp3) is 0.583. The molecule has 2 amide bonds. The van der Waals surface area contributed by atoms with Crippen LogP contribution < -0.4 is 5.32 Å². The number of rotatable bonds is 6. The number of nitrogens with one attached hydrogen (secondary N) is 2. The quantitative estimate of drug-likeness (QED) is 0.718. The molecule has 0 radical (unpaired) electrons. The average molecular weight is 445 g/mol. The lowest BCUT2D eigenvalue weighted by Gasteiger charge is -2.36. The van der Waals surface area contributed by atoms with Gasteiger partial charge < -0.3 is 19.9 Å². The molecular weight excluding hydrogens is 411 g/mol. The van der Waals surface area contributed by atoms with E-state index in [1.54, 1.807) is 12.1 Å². The van der Waals surface area contributed by atoms with Crippen LogP contribution in [0.25, 0.3) is 10.9 Å². The first-order valence-electron chi connectivity index (χ1n) is 11.4. The minimum atomic E-state index is -0.323. The summed E-state index contributed by atoms with van der Waals surface area (Å²) < 4.78 is 19.1. The number of aromatic amines is 1. The molecule has 2 unspecified atom stereocenters. The summed E-state index contributed by atoms with van der Waals surface area (Å²) in [5.74, 6) is -0.496. The van der Waals surface area contributed by atoms with E-state index in [-0.39, 0.29) is 36.3 Å². The molecule has 1 aliphatic heterocycles. The molecular formula is C24H33FN4O3. The normalized spacial score (nSPS) is 24.1. The van der Waals surface area contributed by atoms with Crippen molar-refractivity contribution in [1.29, 1.82) is 0 Å². The van der Waals surface area contributed by atoms with Crippen molar-refractivity contribution in [3.8, 4) is 0 Å². The van der Waals surface area contributed by atoms with Gasteiger partial charge in [-0.2, -0.15) is 0 Å². The number of carbonyl (C=O) groups excluding carboxylic acids is 2. The zero-order valence-electron chi connectivity index (χ0n) is 19.1. The van der Waals surface area contributed by atoms with Crippen LogP contribution in [0.3, 0.4) is 0 Å². The summed E-state index contributed by atoms with van der Waals surface area (Å²) in [6.07, 6.45) is 4.95. The average Bonchev–Trinajstić information content (AvgIpc) is 3.45. The number of likely N-dealkylation sites (tertiary alicyclic amines) is 1. The molecule has 1 aromatic heterocycles. The van der Waals surface area contributed by atoms with Gasteiger partial charge in [0, 0.05) is 50.8 Å². The third kappa shape index (κ3) is 4.66. The van der Waals surface area contributed by atoms with E-state index in [9.17, 15) is 14.0 Å². The van der Waals surface area contributed by atoms with Crippen LogP contribution in [-0.4, -0.2) is 78.6 Å². The monoisotopic (exact) mass is 444 g/mol. The first kappa shape index (κ1) is 22.7. The molecule has 8 heteroatoms. The van der Waals surface area contributed by atoms with Crippen LogP contribution in [-0.2, 0) is 9.53 Å². The Balaban J connectivity index is 1.35. The minimum absolute atomic E-state index is 0.0122. The van der Waals surface area contributed by atoms with E-state index in [1.165, 1.54) is 13.2 Å². The molecule has 174 valence electrons. The van der Waals surface area contributed by atoms with Crippen LogP contribution in [0.5, 0.6) is 0 Å². The smallest absolute Gasteiger partial charge is 0.267 e. The van der Waals surface area contributed by atoms with Crippen molar-refractivity contribution < 1.29 is 18.7 Å². The molecule has 2 aromatic rings. The summed E-state index contributed by atoms with van der Waals surface area (Å²) in [5, 5.41) is 3.61. The Hall–Kier alpha value is -2.45. The van der Waals surface area contributed by atoms with Crippen LogP contribution >= 0.6 is 0 Å². The number of carbonyl (C=O) groups is 2. The van der Waals surface area contributed by atoms with Crippen LogP contribution in [0.2, 0.25) is 0 Å². The maximum Gasteiger partial charge on any atom is 0.267 e. The van der Waals surface area contributed by atoms with Crippen molar-refractivity contribution in [2.24, 2.45) is 0 Å². The number of methoxy groups -OCH3 is 1. The molecule has 2 N–H and O–H groups in total. The van der Waals surface area contributed by atoms with Gasteiger partial charge in [0.2, 0.25) is 5.91 Å². The summed E-state index contributed by atoms with van der Waals surface area (Å²) in [4.78, 5) is 32.4. The number of fused-ring (bicyclic) bond motifs is 1. The number of nitrogens with zero attached hydrogens (tertiary/aromatic N) is 2. The van der Waals surface area contributed by atoms with Crippen LogP contribution in [0, 0.1) is 12.7 Å².